The highest BCUT2D eigenvalue weighted by Gasteiger charge is 2.19. The molecule has 0 bridgehead atoms. The van der Waals surface area contributed by atoms with Crippen molar-refractivity contribution in [2.75, 3.05) is 21.2 Å². The SMILES string of the molecule is CC(=O)Nc1cccc(NC(=O)c2cc3cc(N(Cc4ccc(C)cc4)S(C)(=O)=O)ccc3s2)c1. The lowest BCUT2D eigenvalue weighted by molar-refractivity contribution is -0.114. The van der Waals surface area contributed by atoms with Gasteiger partial charge in [-0.15, -0.1) is 11.3 Å². The number of nitrogens with one attached hydrogen (secondary N) is 2. The fourth-order valence-corrected chi connectivity index (χ4v) is 5.45. The molecule has 0 aliphatic rings. The van der Waals surface area contributed by atoms with E-state index in [9.17, 15) is 18.0 Å². The number of thiophene rings is 1. The van der Waals surface area contributed by atoms with Crippen molar-refractivity contribution in [2.24, 2.45) is 0 Å². The number of rotatable bonds is 7. The van der Waals surface area contributed by atoms with Gasteiger partial charge in [-0.25, -0.2) is 8.42 Å². The van der Waals surface area contributed by atoms with Crippen LogP contribution < -0.4 is 14.9 Å². The molecule has 0 radical (unpaired) electrons. The summed E-state index contributed by atoms with van der Waals surface area (Å²) in [5.74, 6) is -0.480. The van der Waals surface area contributed by atoms with E-state index < -0.39 is 10.0 Å². The van der Waals surface area contributed by atoms with E-state index in [2.05, 4.69) is 10.6 Å². The lowest BCUT2D eigenvalue weighted by atomic mass is 10.1. The van der Waals surface area contributed by atoms with Crippen LogP contribution in [0.2, 0.25) is 0 Å². The van der Waals surface area contributed by atoms with Gasteiger partial charge < -0.3 is 10.6 Å². The molecule has 0 atom stereocenters. The fourth-order valence-electron chi connectivity index (χ4n) is 3.63. The highest BCUT2D eigenvalue weighted by molar-refractivity contribution is 7.92. The standard InChI is InChI=1S/C26H25N3O4S2/c1-17-7-9-19(10-8-17)16-29(35(3,32)33)23-11-12-24-20(13-23)14-25(34-24)26(31)28-22-6-4-5-21(15-22)27-18(2)30/h4-15H,16H2,1-3H3,(H,27,30)(H,28,31). The molecular weight excluding hydrogens is 482 g/mol. The quantitative estimate of drug-likeness (QED) is 0.351. The molecule has 180 valence electrons. The first-order chi connectivity index (χ1) is 16.6. The van der Waals surface area contributed by atoms with Crippen molar-refractivity contribution >= 4 is 60.3 Å². The summed E-state index contributed by atoms with van der Waals surface area (Å²) in [5, 5.41) is 6.31. The molecule has 9 heteroatoms. The number of carbonyl (C=O) groups is 2. The number of sulfonamides is 1. The number of hydrogen-bond donors (Lipinski definition) is 2. The number of anilines is 3. The molecule has 0 saturated heterocycles. The first-order valence-electron chi connectivity index (χ1n) is 10.8. The maximum absolute atomic E-state index is 12.9. The van der Waals surface area contributed by atoms with Gasteiger partial charge in [0, 0.05) is 23.0 Å². The van der Waals surface area contributed by atoms with Crippen LogP contribution in [0.1, 0.15) is 27.7 Å². The zero-order chi connectivity index (χ0) is 25.2. The van der Waals surface area contributed by atoms with E-state index in [1.54, 1.807) is 42.5 Å². The van der Waals surface area contributed by atoms with E-state index in [-0.39, 0.29) is 18.4 Å². The summed E-state index contributed by atoms with van der Waals surface area (Å²) < 4.78 is 27.4. The minimum absolute atomic E-state index is 0.195. The van der Waals surface area contributed by atoms with Gasteiger partial charge in [-0.05, 0) is 60.3 Å². The predicted molar refractivity (Wildman–Crippen MR) is 143 cm³/mol. The second kappa shape index (κ2) is 9.89. The van der Waals surface area contributed by atoms with Gasteiger partial charge in [-0.1, -0.05) is 35.9 Å². The third-order valence-electron chi connectivity index (χ3n) is 5.30. The van der Waals surface area contributed by atoms with Gasteiger partial charge in [0.2, 0.25) is 15.9 Å². The topological polar surface area (TPSA) is 95.6 Å². The van der Waals surface area contributed by atoms with Crippen molar-refractivity contribution in [3.63, 3.8) is 0 Å². The van der Waals surface area contributed by atoms with E-state index in [1.165, 1.54) is 28.8 Å². The van der Waals surface area contributed by atoms with Crippen molar-refractivity contribution in [2.45, 2.75) is 20.4 Å². The number of benzene rings is 3. The lowest BCUT2D eigenvalue weighted by Gasteiger charge is -2.22. The summed E-state index contributed by atoms with van der Waals surface area (Å²) in [6.07, 6.45) is 1.19. The first kappa shape index (κ1) is 24.4. The Morgan fingerprint density at radius 3 is 2.26 bits per heavy atom. The average Bonchev–Trinajstić information content (AvgIpc) is 3.21. The van der Waals surface area contributed by atoms with E-state index in [0.29, 0.717) is 21.9 Å². The normalized spacial score (nSPS) is 11.3. The smallest absolute Gasteiger partial charge is 0.265 e. The summed E-state index contributed by atoms with van der Waals surface area (Å²) in [6, 6.07) is 21.8. The second-order valence-electron chi connectivity index (χ2n) is 8.30. The fraction of sp³-hybridized carbons (Fsp3) is 0.154. The molecule has 4 aromatic rings. The van der Waals surface area contributed by atoms with Crippen LogP contribution in [0, 0.1) is 6.92 Å². The van der Waals surface area contributed by atoms with Gasteiger partial charge in [-0.2, -0.15) is 0 Å². The summed E-state index contributed by atoms with van der Waals surface area (Å²) in [4.78, 5) is 24.6. The van der Waals surface area contributed by atoms with Crippen LogP contribution in [-0.4, -0.2) is 26.5 Å². The molecule has 2 N–H and O–H groups in total. The first-order valence-corrected chi connectivity index (χ1v) is 13.5. The number of amides is 2. The average molecular weight is 508 g/mol. The largest absolute Gasteiger partial charge is 0.326 e. The van der Waals surface area contributed by atoms with Crippen LogP contribution in [0.15, 0.2) is 72.8 Å². The Hall–Kier alpha value is -3.69. The number of hydrogen-bond acceptors (Lipinski definition) is 5. The monoisotopic (exact) mass is 507 g/mol. The molecular formula is C26H25N3O4S2. The Balaban J connectivity index is 1.58. The van der Waals surface area contributed by atoms with Crippen molar-refractivity contribution < 1.29 is 18.0 Å². The van der Waals surface area contributed by atoms with Gasteiger partial charge >= 0.3 is 0 Å². The Morgan fingerprint density at radius 2 is 1.60 bits per heavy atom. The van der Waals surface area contributed by atoms with Gasteiger partial charge in [-0.3, -0.25) is 13.9 Å². The van der Waals surface area contributed by atoms with E-state index >= 15 is 0 Å². The highest BCUT2D eigenvalue weighted by Crippen LogP contribution is 2.31. The van der Waals surface area contributed by atoms with Crippen LogP contribution in [0.5, 0.6) is 0 Å². The molecule has 0 fully saturated rings. The maximum atomic E-state index is 12.9. The number of aryl methyl sites for hydroxylation is 1. The van der Waals surface area contributed by atoms with Crippen molar-refractivity contribution in [1.82, 2.24) is 0 Å². The highest BCUT2D eigenvalue weighted by atomic mass is 32.2. The van der Waals surface area contributed by atoms with E-state index in [1.807, 2.05) is 37.3 Å². The van der Waals surface area contributed by atoms with E-state index in [0.717, 1.165) is 21.2 Å². The van der Waals surface area contributed by atoms with Crippen LogP contribution >= 0.6 is 11.3 Å². The molecule has 1 heterocycles. The summed E-state index contributed by atoms with van der Waals surface area (Å²) in [5.41, 5.74) is 3.67. The Morgan fingerprint density at radius 1 is 0.914 bits per heavy atom. The zero-order valence-electron chi connectivity index (χ0n) is 19.5. The van der Waals surface area contributed by atoms with Crippen LogP contribution in [-0.2, 0) is 21.4 Å². The van der Waals surface area contributed by atoms with Gasteiger partial charge in [0.1, 0.15) is 0 Å². The minimum Gasteiger partial charge on any atom is -0.326 e. The molecule has 0 aliphatic heterocycles. The molecule has 0 aliphatic carbocycles. The number of nitrogens with zero attached hydrogens (tertiary/aromatic N) is 1. The van der Waals surface area contributed by atoms with Crippen molar-refractivity contribution in [3.8, 4) is 0 Å². The lowest BCUT2D eigenvalue weighted by Crippen LogP contribution is -2.29. The molecule has 1 aromatic heterocycles. The predicted octanol–water partition coefficient (Wildman–Crippen LogP) is 5.39. The third-order valence-corrected chi connectivity index (χ3v) is 7.56. The number of carbonyl (C=O) groups excluding carboxylic acids is 2. The van der Waals surface area contributed by atoms with Crippen molar-refractivity contribution in [1.29, 1.82) is 0 Å². The molecule has 0 saturated carbocycles. The molecule has 35 heavy (non-hydrogen) atoms. The maximum Gasteiger partial charge on any atom is 0.265 e. The zero-order valence-corrected chi connectivity index (χ0v) is 21.2. The molecule has 7 nitrogen and oxygen atoms in total. The third kappa shape index (κ3) is 6.06. The van der Waals surface area contributed by atoms with Crippen LogP contribution in [0.25, 0.3) is 10.1 Å². The van der Waals surface area contributed by atoms with Gasteiger partial charge in [0.25, 0.3) is 5.91 Å². The van der Waals surface area contributed by atoms with E-state index in [4.69, 9.17) is 0 Å². The Labute approximate surface area is 208 Å². The summed E-state index contributed by atoms with van der Waals surface area (Å²) in [7, 11) is -3.53. The minimum atomic E-state index is -3.53. The van der Waals surface area contributed by atoms with Crippen LogP contribution in [0.3, 0.4) is 0 Å². The Kier molecular flexibility index (Phi) is 6.90. The van der Waals surface area contributed by atoms with Gasteiger partial charge in [0.05, 0.1) is 23.4 Å². The summed E-state index contributed by atoms with van der Waals surface area (Å²) >= 11 is 1.32. The number of fused-ring (bicyclic) bond motifs is 1. The summed E-state index contributed by atoms with van der Waals surface area (Å²) in [6.45, 7) is 3.62. The molecule has 3 aromatic carbocycles. The second-order valence-corrected chi connectivity index (χ2v) is 11.3. The molecule has 4 rings (SSSR count). The van der Waals surface area contributed by atoms with Gasteiger partial charge in [0.15, 0.2) is 0 Å². The molecule has 2 amide bonds. The molecule has 0 spiro atoms. The van der Waals surface area contributed by atoms with Crippen molar-refractivity contribution in [3.05, 3.63) is 88.8 Å². The molecule has 0 unspecified atom stereocenters. The van der Waals surface area contributed by atoms with Crippen LogP contribution in [0.4, 0.5) is 17.1 Å². The Bertz CT molecular complexity index is 1510.